The number of nitrogens with two attached hydrogens (primary N) is 1. The fraction of sp³-hybridized carbons (Fsp3) is 0.375. The largest absolute Gasteiger partial charge is 0.394 e. The van der Waals surface area contributed by atoms with Crippen LogP contribution in [-0.4, -0.2) is 17.7 Å². The van der Waals surface area contributed by atoms with Crippen molar-refractivity contribution < 1.29 is 4.79 Å². The van der Waals surface area contributed by atoms with Crippen molar-refractivity contribution in [3.05, 3.63) is 11.4 Å². The Labute approximate surface area is 71.7 Å². The Hall–Kier alpha value is -1.45. The van der Waals surface area contributed by atoms with E-state index >= 15 is 0 Å². The van der Waals surface area contributed by atoms with Crippen LogP contribution in [0.5, 0.6) is 0 Å². The molecule has 66 valence electrons. The van der Waals surface area contributed by atoms with Crippen molar-refractivity contribution in [1.29, 1.82) is 5.41 Å². The molecule has 0 aliphatic heterocycles. The van der Waals surface area contributed by atoms with Gasteiger partial charge in [-0.05, 0) is 13.8 Å². The lowest BCUT2D eigenvalue weighted by Crippen LogP contribution is -2.13. The van der Waals surface area contributed by atoms with E-state index in [0.717, 1.165) is 0 Å². The summed E-state index contributed by atoms with van der Waals surface area (Å²) in [7, 11) is 0. The highest BCUT2D eigenvalue weighted by Crippen LogP contribution is 2.03. The second-order valence-electron chi connectivity index (χ2n) is 2.33. The number of hydrogen-bond acceptors (Lipinski definition) is 4. The van der Waals surface area contributed by atoms with E-state index in [2.05, 4.69) is 4.99 Å². The smallest absolute Gasteiger partial charge is 0.177 e. The summed E-state index contributed by atoms with van der Waals surface area (Å²) in [4.78, 5) is 14.6. The van der Waals surface area contributed by atoms with Gasteiger partial charge in [0.1, 0.15) is 11.4 Å². The number of nitrogens with one attached hydrogen (secondary N) is 1. The highest BCUT2D eigenvalue weighted by molar-refractivity contribution is 6.05. The van der Waals surface area contributed by atoms with Gasteiger partial charge in [-0.2, -0.15) is 0 Å². The van der Waals surface area contributed by atoms with Gasteiger partial charge >= 0.3 is 0 Å². The molecule has 0 amide bonds. The zero-order valence-electron chi connectivity index (χ0n) is 7.51. The van der Waals surface area contributed by atoms with Crippen LogP contribution in [0.2, 0.25) is 0 Å². The van der Waals surface area contributed by atoms with Crippen LogP contribution in [0, 0.1) is 5.41 Å². The topological polar surface area (TPSA) is 79.3 Å². The molecule has 0 unspecified atom stereocenters. The van der Waals surface area contributed by atoms with Gasteiger partial charge in [0, 0.05) is 13.1 Å². The molecule has 0 aromatic carbocycles. The van der Waals surface area contributed by atoms with E-state index in [1.165, 1.54) is 20.1 Å². The lowest BCUT2D eigenvalue weighted by Gasteiger charge is -2.01. The summed E-state index contributed by atoms with van der Waals surface area (Å²) in [6.45, 7) is 4.60. The Bertz CT molecular complexity index is 263. The molecule has 0 saturated carbocycles. The van der Waals surface area contributed by atoms with Gasteiger partial charge in [-0.1, -0.05) is 0 Å². The number of carbonyl (C=O) groups excluding carboxylic acids is 1. The number of allylic oxidation sites excluding steroid dienone is 2. The standard InChI is InChI=1S/C8H13N3O/c1-4-11-8(5(2)9)7(10)6(3)12/h4,9H,10H2,1-3H3/b8-7+,9-5?,11-4-. The first kappa shape index (κ1) is 10.6. The summed E-state index contributed by atoms with van der Waals surface area (Å²) in [5, 5.41) is 7.27. The molecule has 0 rings (SSSR count). The summed E-state index contributed by atoms with van der Waals surface area (Å²) in [5.74, 6) is -0.262. The molecule has 3 N–H and O–H groups in total. The molecule has 0 radical (unpaired) electrons. The summed E-state index contributed by atoms with van der Waals surface area (Å²) >= 11 is 0. The number of ketones is 1. The molecule has 12 heavy (non-hydrogen) atoms. The van der Waals surface area contributed by atoms with Crippen LogP contribution in [0.3, 0.4) is 0 Å². The molecule has 0 heterocycles. The average molecular weight is 167 g/mol. The van der Waals surface area contributed by atoms with Crippen molar-refractivity contribution in [2.45, 2.75) is 20.8 Å². The van der Waals surface area contributed by atoms with Gasteiger partial charge in [-0.3, -0.25) is 9.79 Å². The van der Waals surface area contributed by atoms with E-state index < -0.39 is 0 Å². The van der Waals surface area contributed by atoms with Gasteiger partial charge < -0.3 is 11.1 Å². The van der Waals surface area contributed by atoms with Crippen LogP contribution in [0.1, 0.15) is 20.8 Å². The van der Waals surface area contributed by atoms with Crippen molar-refractivity contribution in [3.63, 3.8) is 0 Å². The molecule has 0 aliphatic carbocycles. The maximum atomic E-state index is 10.8. The second kappa shape index (κ2) is 4.43. The fourth-order valence-corrected chi connectivity index (χ4v) is 0.664. The molecule has 0 atom stereocenters. The van der Waals surface area contributed by atoms with Crippen LogP contribution in [0.4, 0.5) is 0 Å². The minimum Gasteiger partial charge on any atom is -0.394 e. The van der Waals surface area contributed by atoms with Crippen molar-refractivity contribution >= 4 is 17.7 Å². The maximum Gasteiger partial charge on any atom is 0.177 e. The van der Waals surface area contributed by atoms with Crippen molar-refractivity contribution in [1.82, 2.24) is 0 Å². The molecule has 0 fully saturated rings. The molecular formula is C8H13N3O. The number of aliphatic imine (C=N–C) groups is 1. The molecule has 0 spiro atoms. The van der Waals surface area contributed by atoms with E-state index in [0.29, 0.717) is 0 Å². The molecule has 0 aromatic heterocycles. The predicted octanol–water partition coefficient (Wildman–Crippen LogP) is 0.876. The van der Waals surface area contributed by atoms with Gasteiger partial charge in [0.2, 0.25) is 0 Å². The predicted molar refractivity (Wildman–Crippen MR) is 49.5 cm³/mol. The highest BCUT2D eigenvalue weighted by atomic mass is 16.1. The maximum absolute atomic E-state index is 10.8. The van der Waals surface area contributed by atoms with E-state index in [4.69, 9.17) is 11.1 Å². The first-order valence-corrected chi connectivity index (χ1v) is 3.55. The van der Waals surface area contributed by atoms with Crippen LogP contribution in [0.15, 0.2) is 16.4 Å². The number of nitrogens with zero attached hydrogens (tertiary/aromatic N) is 1. The first-order valence-electron chi connectivity index (χ1n) is 3.55. The summed E-state index contributed by atoms with van der Waals surface area (Å²) in [6.07, 6.45) is 1.50. The number of rotatable bonds is 3. The van der Waals surface area contributed by atoms with Gasteiger partial charge in [0.25, 0.3) is 0 Å². The SMILES string of the molecule is C/C=N\C(C(C)=N)=C(\N)C(C)=O. The highest BCUT2D eigenvalue weighted by Gasteiger charge is 2.07. The quantitative estimate of drug-likeness (QED) is 0.483. The van der Waals surface area contributed by atoms with Crippen LogP contribution < -0.4 is 5.73 Å². The molecule has 0 aliphatic rings. The van der Waals surface area contributed by atoms with E-state index in [-0.39, 0.29) is 22.9 Å². The Morgan fingerprint density at radius 3 is 2.25 bits per heavy atom. The Morgan fingerprint density at radius 2 is 2.00 bits per heavy atom. The van der Waals surface area contributed by atoms with Gasteiger partial charge in [-0.25, -0.2) is 0 Å². The van der Waals surface area contributed by atoms with Gasteiger partial charge in [0.15, 0.2) is 5.78 Å². The summed E-state index contributed by atoms with van der Waals surface area (Å²) in [6, 6.07) is 0. The van der Waals surface area contributed by atoms with Gasteiger partial charge in [0.05, 0.1) is 5.71 Å². The third-order valence-corrected chi connectivity index (χ3v) is 1.25. The van der Waals surface area contributed by atoms with E-state index in [1.54, 1.807) is 6.92 Å². The zero-order chi connectivity index (χ0) is 9.72. The van der Waals surface area contributed by atoms with Crippen molar-refractivity contribution in [2.75, 3.05) is 0 Å². The molecular weight excluding hydrogens is 154 g/mol. The lowest BCUT2D eigenvalue weighted by atomic mass is 10.2. The third kappa shape index (κ3) is 2.65. The van der Waals surface area contributed by atoms with E-state index in [9.17, 15) is 4.79 Å². The minimum atomic E-state index is -0.262. The minimum absolute atomic E-state index is 0.0422. The Balaban J connectivity index is 5.07. The molecule has 4 heteroatoms. The average Bonchev–Trinajstić information content (AvgIpc) is 1.98. The van der Waals surface area contributed by atoms with Crippen LogP contribution >= 0.6 is 0 Å². The first-order chi connectivity index (χ1) is 5.50. The monoisotopic (exact) mass is 167 g/mol. The molecule has 0 aromatic rings. The second-order valence-corrected chi connectivity index (χ2v) is 2.33. The van der Waals surface area contributed by atoms with Crippen molar-refractivity contribution in [3.8, 4) is 0 Å². The third-order valence-electron chi connectivity index (χ3n) is 1.25. The van der Waals surface area contributed by atoms with Gasteiger partial charge in [-0.15, -0.1) is 0 Å². The normalized spacial score (nSPS) is 12.9. The fourth-order valence-electron chi connectivity index (χ4n) is 0.664. The summed E-state index contributed by atoms with van der Waals surface area (Å²) in [5.41, 5.74) is 5.92. The molecule has 0 saturated heterocycles. The van der Waals surface area contributed by atoms with Crippen molar-refractivity contribution in [2.24, 2.45) is 10.7 Å². The number of hydrogen-bond donors (Lipinski definition) is 2. The lowest BCUT2D eigenvalue weighted by molar-refractivity contribution is -0.113. The summed E-state index contributed by atoms with van der Waals surface area (Å²) < 4.78 is 0. The zero-order valence-corrected chi connectivity index (χ0v) is 7.51. The Kier molecular flexibility index (Phi) is 3.90. The van der Waals surface area contributed by atoms with Crippen LogP contribution in [0.25, 0.3) is 0 Å². The Morgan fingerprint density at radius 1 is 1.50 bits per heavy atom. The number of carbonyl (C=O) groups is 1. The van der Waals surface area contributed by atoms with E-state index in [1.807, 2.05) is 0 Å². The molecule has 4 nitrogen and oxygen atoms in total. The van der Waals surface area contributed by atoms with Crippen LogP contribution in [-0.2, 0) is 4.79 Å². The molecule has 0 bridgehead atoms. The number of Topliss-reactive ketones (excluding diaryl/α,β-unsaturated/α-hetero) is 1.